The summed E-state index contributed by atoms with van der Waals surface area (Å²) in [6.45, 7) is 3.53. The fourth-order valence-electron chi connectivity index (χ4n) is 2.79. The molecule has 27 heavy (non-hydrogen) atoms. The molecule has 0 fully saturated rings. The van der Waals surface area contributed by atoms with Crippen molar-refractivity contribution in [2.24, 2.45) is 0 Å². The van der Waals surface area contributed by atoms with Crippen molar-refractivity contribution in [2.75, 3.05) is 5.73 Å². The van der Waals surface area contributed by atoms with Gasteiger partial charge in [0.25, 0.3) is 0 Å². The van der Waals surface area contributed by atoms with Crippen LogP contribution in [0.15, 0.2) is 43.0 Å². The molecule has 8 heteroatoms. The molecule has 4 rings (SSSR count). The number of nitrogen functional groups attached to an aromatic ring is 1. The Labute approximate surface area is 155 Å². The van der Waals surface area contributed by atoms with Crippen molar-refractivity contribution in [3.05, 3.63) is 59.9 Å². The number of fused-ring (bicyclic) bond motifs is 1. The molecule has 0 bridgehead atoms. The van der Waals surface area contributed by atoms with Gasteiger partial charge < -0.3 is 15.8 Å². The molecule has 3 aromatic heterocycles. The van der Waals surface area contributed by atoms with Gasteiger partial charge in [-0.2, -0.15) is 10.1 Å². The largest absolute Gasteiger partial charge is 0.372 e. The number of nitrogens with zero attached hydrogens (tertiary/aromatic N) is 5. The maximum Gasteiger partial charge on any atom is 0.221 e. The number of nitrogens with two attached hydrogens (primary N) is 1. The van der Waals surface area contributed by atoms with E-state index in [-0.39, 0.29) is 5.95 Å². The number of nitrogens with one attached hydrogen (secondary N) is 1. The van der Waals surface area contributed by atoms with E-state index in [0.717, 1.165) is 22.2 Å². The van der Waals surface area contributed by atoms with E-state index in [1.807, 2.05) is 25.1 Å². The number of aromatic nitrogens is 6. The number of anilines is 1. The number of aromatic amines is 1. The average molecular weight is 359 g/mol. The minimum atomic E-state index is -1.35. The highest BCUT2D eigenvalue weighted by atomic mass is 16.3. The Morgan fingerprint density at radius 1 is 1.26 bits per heavy atom. The third-order valence-corrected chi connectivity index (χ3v) is 4.19. The molecule has 0 saturated carbocycles. The Morgan fingerprint density at radius 2 is 2.11 bits per heavy atom. The summed E-state index contributed by atoms with van der Waals surface area (Å²) in [6, 6.07) is 7.49. The maximum atomic E-state index is 10.5. The SMILES string of the molecule is Cc1nn(-c2ccnc(N)n2)c2cc(C#CC(C)(O)c3c[nH]cn3)ccc12. The van der Waals surface area contributed by atoms with E-state index in [4.69, 9.17) is 5.73 Å². The number of hydrogen-bond donors (Lipinski definition) is 3. The van der Waals surface area contributed by atoms with Gasteiger partial charge in [-0.3, -0.25) is 0 Å². The minimum absolute atomic E-state index is 0.180. The molecular weight excluding hydrogens is 342 g/mol. The summed E-state index contributed by atoms with van der Waals surface area (Å²) in [5, 5.41) is 16.0. The quantitative estimate of drug-likeness (QED) is 0.469. The Balaban J connectivity index is 1.79. The van der Waals surface area contributed by atoms with Crippen molar-refractivity contribution in [2.45, 2.75) is 19.4 Å². The summed E-state index contributed by atoms with van der Waals surface area (Å²) in [6.07, 6.45) is 4.72. The monoisotopic (exact) mass is 359 g/mol. The standard InChI is InChI=1S/C19H17N7O/c1-12-14-4-3-13(5-7-19(2,27)16-10-21-11-23-16)9-15(14)26(25-12)17-6-8-22-18(20)24-17/h3-4,6,8-11,27H,1-2H3,(H,21,23)(H2,20,22,24). The van der Waals surface area contributed by atoms with Crippen LogP contribution in [0, 0.1) is 18.8 Å². The second kappa shape index (κ2) is 6.23. The Hall–Kier alpha value is -3.70. The van der Waals surface area contributed by atoms with Crippen LogP contribution in [-0.4, -0.2) is 34.8 Å². The van der Waals surface area contributed by atoms with Gasteiger partial charge in [0.15, 0.2) is 11.4 Å². The van der Waals surface area contributed by atoms with Crippen molar-refractivity contribution in [1.29, 1.82) is 0 Å². The Morgan fingerprint density at radius 3 is 2.85 bits per heavy atom. The van der Waals surface area contributed by atoms with Gasteiger partial charge in [0, 0.05) is 29.4 Å². The van der Waals surface area contributed by atoms with Gasteiger partial charge in [-0.15, -0.1) is 0 Å². The topological polar surface area (TPSA) is 119 Å². The minimum Gasteiger partial charge on any atom is -0.372 e. The summed E-state index contributed by atoms with van der Waals surface area (Å²) in [5.74, 6) is 6.64. The van der Waals surface area contributed by atoms with Gasteiger partial charge >= 0.3 is 0 Å². The van der Waals surface area contributed by atoms with Crippen LogP contribution in [0.2, 0.25) is 0 Å². The summed E-state index contributed by atoms with van der Waals surface area (Å²) in [4.78, 5) is 15.0. The van der Waals surface area contributed by atoms with Crippen molar-refractivity contribution in [3.8, 4) is 17.7 Å². The summed E-state index contributed by atoms with van der Waals surface area (Å²) in [7, 11) is 0. The van der Waals surface area contributed by atoms with E-state index >= 15 is 0 Å². The van der Waals surface area contributed by atoms with Crippen LogP contribution in [0.3, 0.4) is 0 Å². The predicted molar refractivity (Wildman–Crippen MR) is 101 cm³/mol. The van der Waals surface area contributed by atoms with E-state index in [2.05, 4.69) is 36.9 Å². The fourth-order valence-corrected chi connectivity index (χ4v) is 2.79. The highest BCUT2D eigenvalue weighted by molar-refractivity contribution is 5.84. The van der Waals surface area contributed by atoms with Gasteiger partial charge in [-0.25, -0.2) is 14.6 Å². The van der Waals surface area contributed by atoms with E-state index in [9.17, 15) is 5.11 Å². The maximum absolute atomic E-state index is 10.5. The number of benzene rings is 1. The molecule has 1 atom stereocenters. The molecule has 4 aromatic rings. The first-order valence-electron chi connectivity index (χ1n) is 8.27. The second-order valence-corrected chi connectivity index (χ2v) is 6.28. The smallest absolute Gasteiger partial charge is 0.221 e. The molecule has 1 unspecified atom stereocenters. The van der Waals surface area contributed by atoms with Crippen LogP contribution < -0.4 is 5.73 Å². The number of imidazole rings is 1. The molecule has 0 saturated heterocycles. The fraction of sp³-hybridized carbons (Fsp3) is 0.158. The molecule has 0 spiro atoms. The van der Waals surface area contributed by atoms with Gasteiger partial charge in [-0.1, -0.05) is 11.8 Å². The lowest BCUT2D eigenvalue weighted by molar-refractivity contribution is 0.118. The molecule has 0 aliphatic rings. The van der Waals surface area contributed by atoms with Gasteiger partial charge in [0.1, 0.15) is 5.69 Å². The van der Waals surface area contributed by atoms with E-state index in [0.29, 0.717) is 11.5 Å². The molecule has 0 amide bonds. The molecule has 3 heterocycles. The molecule has 134 valence electrons. The molecular formula is C19H17N7O. The molecule has 8 nitrogen and oxygen atoms in total. The zero-order valence-electron chi connectivity index (χ0n) is 14.8. The lowest BCUT2D eigenvalue weighted by Crippen LogP contribution is -2.18. The first-order valence-corrected chi connectivity index (χ1v) is 8.27. The summed E-state index contributed by atoms with van der Waals surface area (Å²) in [5.41, 5.74) is 7.26. The van der Waals surface area contributed by atoms with E-state index in [1.165, 1.54) is 6.33 Å². The number of hydrogen-bond acceptors (Lipinski definition) is 6. The van der Waals surface area contributed by atoms with Crippen LogP contribution in [0.4, 0.5) is 5.95 Å². The molecule has 4 N–H and O–H groups in total. The molecule has 0 radical (unpaired) electrons. The molecule has 1 aromatic carbocycles. The predicted octanol–water partition coefficient (Wildman–Crippen LogP) is 1.69. The van der Waals surface area contributed by atoms with Crippen LogP contribution in [0.5, 0.6) is 0 Å². The van der Waals surface area contributed by atoms with Crippen LogP contribution in [0.1, 0.15) is 23.9 Å². The van der Waals surface area contributed by atoms with Crippen molar-refractivity contribution in [1.82, 2.24) is 29.7 Å². The summed E-state index contributed by atoms with van der Waals surface area (Å²) < 4.78 is 1.71. The lowest BCUT2D eigenvalue weighted by atomic mass is 10.0. The number of rotatable bonds is 2. The Bertz CT molecular complexity index is 1180. The second-order valence-electron chi connectivity index (χ2n) is 6.28. The van der Waals surface area contributed by atoms with Crippen molar-refractivity contribution in [3.63, 3.8) is 0 Å². The van der Waals surface area contributed by atoms with Crippen molar-refractivity contribution >= 4 is 16.9 Å². The van der Waals surface area contributed by atoms with E-state index < -0.39 is 5.60 Å². The van der Waals surface area contributed by atoms with Gasteiger partial charge in [0.05, 0.1) is 17.5 Å². The first-order chi connectivity index (χ1) is 12.9. The molecule has 0 aliphatic carbocycles. The normalized spacial score (nSPS) is 13.1. The van der Waals surface area contributed by atoms with Gasteiger partial charge in [0.2, 0.25) is 5.95 Å². The average Bonchev–Trinajstić information content (AvgIpc) is 3.29. The van der Waals surface area contributed by atoms with Crippen molar-refractivity contribution < 1.29 is 5.11 Å². The number of aryl methyl sites for hydroxylation is 1. The third-order valence-electron chi connectivity index (χ3n) is 4.19. The van der Waals surface area contributed by atoms with E-state index in [1.54, 1.807) is 30.1 Å². The number of H-pyrrole nitrogens is 1. The van der Waals surface area contributed by atoms with Crippen LogP contribution >= 0.6 is 0 Å². The zero-order valence-corrected chi connectivity index (χ0v) is 14.8. The molecule has 0 aliphatic heterocycles. The highest BCUT2D eigenvalue weighted by Crippen LogP contribution is 2.23. The third kappa shape index (κ3) is 3.12. The lowest BCUT2D eigenvalue weighted by Gasteiger charge is -2.12. The van der Waals surface area contributed by atoms with Gasteiger partial charge in [-0.05, 0) is 32.0 Å². The highest BCUT2D eigenvalue weighted by Gasteiger charge is 2.22. The van der Waals surface area contributed by atoms with Crippen LogP contribution in [-0.2, 0) is 5.60 Å². The number of aliphatic hydroxyl groups is 1. The Kier molecular flexibility index (Phi) is 3.86. The first kappa shape index (κ1) is 16.8. The zero-order chi connectivity index (χ0) is 19.0. The summed E-state index contributed by atoms with van der Waals surface area (Å²) >= 11 is 0. The van der Waals surface area contributed by atoms with Crippen LogP contribution in [0.25, 0.3) is 16.7 Å².